The van der Waals surface area contributed by atoms with Gasteiger partial charge in [0.25, 0.3) is 0 Å². The molecule has 2 aromatic rings. The van der Waals surface area contributed by atoms with Crippen molar-refractivity contribution in [1.82, 2.24) is 0 Å². The van der Waals surface area contributed by atoms with Crippen molar-refractivity contribution in [2.75, 3.05) is 12.4 Å². The molecule has 5 nitrogen and oxygen atoms in total. The number of carbonyl (C=O) groups excluding carboxylic acids is 2. The molecule has 1 amide bonds. The molecule has 0 fully saturated rings. The van der Waals surface area contributed by atoms with Crippen molar-refractivity contribution >= 4 is 29.2 Å². The maximum absolute atomic E-state index is 11.6. The van der Waals surface area contributed by atoms with Crippen molar-refractivity contribution in [2.45, 2.75) is 19.8 Å². The zero-order valence-electron chi connectivity index (χ0n) is 13.5. The quantitative estimate of drug-likeness (QED) is 0.772. The Kier molecular flexibility index (Phi) is 6.21. The molecule has 2 rings (SSSR count). The fourth-order valence-corrected chi connectivity index (χ4v) is 2.23. The summed E-state index contributed by atoms with van der Waals surface area (Å²) in [5, 5.41) is 3.15. The number of hydrogen-bond donors (Lipinski definition) is 1. The van der Waals surface area contributed by atoms with Gasteiger partial charge in [0.1, 0.15) is 11.5 Å². The first-order chi connectivity index (χ1) is 11.5. The summed E-state index contributed by atoms with van der Waals surface area (Å²) in [6.07, 6.45) is 1.24. The lowest BCUT2D eigenvalue weighted by Crippen LogP contribution is -2.10. The fourth-order valence-electron chi connectivity index (χ4n) is 2.02. The predicted octanol–water partition coefficient (Wildman–Crippen LogP) is 4.66. The largest absolute Gasteiger partial charge is 0.465 e. The van der Waals surface area contributed by atoms with Crippen LogP contribution in [0.2, 0.25) is 5.02 Å². The van der Waals surface area contributed by atoms with Crippen LogP contribution in [0.3, 0.4) is 0 Å². The molecule has 0 heterocycles. The van der Waals surface area contributed by atoms with E-state index >= 15 is 0 Å². The first-order valence-corrected chi connectivity index (χ1v) is 7.87. The van der Waals surface area contributed by atoms with Crippen molar-refractivity contribution in [3.8, 4) is 11.5 Å². The van der Waals surface area contributed by atoms with Crippen LogP contribution in [0.1, 0.15) is 30.1 Å². The number of anilines is 1. The lowest BCUT2D eigenvalue weighted by Gasteiger charge is -2.10. The Morgan fingerprint density at radius 3 is 2.42 bits per heavy atom. The second kappa shape index (κ2) is 8.36. The van der Waals surface area contributed by atoms with Gasteiger partial charge in [0.05, 0.1) is 17.7 Å². The summed E-state index contributed by atoms with van der Waals surface area (Å²) >= 11 is 6.19. The van der Waals surface area contributed by atoms with Crippen LogP contribution in [-0.4, -0.2) is 19.0 Å². The summed E-state index contributed by atoms with van der Waals surface area (Å²) in [7, 11) is 1.33. The molecule has 1 N–H and O–H groups in total. The number of benzene rings is 2. The molecular formula is C18H18ClNO4. The van der Waals surface area contributed by atoms with Crippen LogP contribution in [0.15, 0.2) is 42.5 Å². The molecule has 0 bridgehead atoms. The average Bonchev–Trinajstić information content (AvgIpc) is 2.57. The van der Waals surface area contributed by atoms with Gasteiger partial charge in [-0.1, -0.05) is 18.5 Å². The first-order valence-electron chi connectivity index (χ1n) is 7.49. The highest BCUT2D eigenvalue weighted by molar-refractivity contribution is 6.32. The lowest BCUT2D eigenvalue weighted by molar-refractivity contribution is -0.116. The zero-order chi connectivity index (χ0) is 17.5. The molecule has 0 unspecified atom stereocenters. The number of methoxy groups -OCH3 is 1. The van der Waals surface area contributed by atoms with Crippen molar-refractivity contribution in [2.24, 2.45) is 0 Å². The third kappa shape index (κ3) is 4.73. The molecule has 0 aromatic heterocycles. The third-order valence-corrected chi connectivity index (χ3v) is 3.49. The summed E-state index contributed by atoms with van der Waals surface area (Å²) in [5.74, 6) is 0.524. The molecule has 0 aliphatic carbocycles. The van der Waals surface area contributed by atoms with Gasteiger partial charge in [-0.2, -0.15) is 0 Å². The van der Waals surface area contributed by atoms with E-state index in [-0.39, 0.29) is 5.91 Å². The molecule has 24 heavy (non-hydrogen) atoms. The van der Waals surface area contributed by atoms with Crippen LogP contribution in [0, 0.1) is 0 Å². The van der Waals surface area contributed by atoms with Gasteiger partial charge in [-0.3, -0.25) is 4.79 Å². The number of rotatable bonds is 6. The SMILES string of the molecule is CCCC(=O)Nc1ccc(Oc2ccc(C(=O)OC)cc2)c(Cl)c1. The summed E-state index contributed by atoms with van der Waals surface area (Å²) in [6.45, 7) is 1.94. The van der Waals surface area contributed by atoms with E-state index < -0.39 is 5.97 Å². The minimum atomic E-state index is -0.410. The van der Waals surface area contributed by atoms with Gasteiger partial charge < -0.3 is 14.8 Å². The van der Waals surface area contributed by atoms with E-state index in [1.165, 1.54) is 7.11 Å². The van der Waals surface area contributed by atoms with E-state index in [2.05, 4.69) is 10.1 Å². The van der Waals surface area contributed by atoms with Crippen LogP contribution < -0.4 is 10.1 Å². The summed E-state index contributed by atoms with van der Waals surface area (Å²) < 4.78 is 10.3. The molecule has 0 aliphatic rings. The van der Waals surface area contributed by atoms with Crippen molar-refractivity contribution in [1.29, 1.82) is 0 Å². The Labute approximate surface area is 145 Å². The summed E-state index contributed by atoms with van der Waals surface area (Å²) in [4.78, 5) is 23.0. The van der Waals surface area contributed by atoms with E-state index in [4.69, 9.17) is 16.3 Å². The van der Waals surface area contributed by atoms with E-state index in [0.717, 1.165) is 6.42 Å². The molecule has 0 radical (unpaired) electrons. The highest BCUT2D eigenvalue weighted by Gasteiger charge is 2.08. The normalized spacial score (nSPS) is 10.1. The number of halogens is 1. The number of carbonyl (C=O) groups is 2. The topological polar surface area (TPSA) is 64.6 Å². The zero-order valence-corrected chi connectivity index (χ0v) is 14.2. The first kappa shape index (κ1) is 17.8. The second-order valence-corrected chi connectivity index (χ2v) is 5.47. The van der Waals surface area contributed by atoms with E-state index in [1.807, 2.05) is 6.92 Å². The highest BCUT2D eigenvalue weighted by atomic mass is 35.5. The number of esters is 1. The lowest BCUT2D eigenvalue weighted by atomic mass is 10.2. The Balaban J connectivity index is 2.07. The van der Waals surface area contributed by atoms with Crippen molar-refractivity contribution < 1.29 is 19.1 Å². The molecular weight excluding hydrogens is 330 g/mol. The molecule has 6 heteroatoms. The smallest absolute Gasteiger partial charge is 0.337 e. The second-order valence-electron chi connectivity index (χ2n) is 5.06. The van der Waals surface area contributed by atoms with Crippen LogP contribution >= 0.6 is 11.6 Å². The van der Waals surface area contributed by atoms with Gasteiger partial charge in [0.2, 0.25) is 5.91 Å². The van der Waals surface area contributed by atoms with Crippen molar-refractivity contribution in [3.05, 3.63) is 53.1 Å². The van der Waals surface area contributed by atoms with Gasteiger partial charge in [-0.15, -0.1) is 0 Å². The fraction of sp³-hybridized carbons (Fsp3) is 0.222. The molecule has 2 aromatic carbocycles. The number of hydrogen-bond acceptors (Lipinski definition) is 4. The van der Waals surface area contributed by atoms with E-state index in [0.29, 0.717) is 34.2 Å². The number of nitrogens with one attached hydrogen (secondary N) is 1. The maximum atomic E-state index is 11.6. The molecule has 0 saturated carbocycles. The summed E-state index contributed by atoms with van der Waals surface area (Å²) in [5.41, 5.74) is 1.05. The minimum absolute atomic E-state index is 0.0550. The monoisotopic (exact) mass is 347 g/mol. The van der Waals surface area contributed by atoms with Crippen LogP contribution in [-0.2, 0) is 9.53 Å². The van der Waals surface area contributed by atoms with Crippen LogP contribution in [0.25, 0.3) is 0 Å². The van der Waals surface area contributed by atoms with Gasteiger partial charge >= 0.3 is 5.97 Å². The number of amides is 1. The number of ether oxygens (including phenoxy) is 2. The van der Waals surface area contributed by atoms with E-state index in [1.54, 1.807) is 42.5 Å². The Morgan fingerprint density at radius 2 is 1.83 bits per heavy atom. The average molecular weight is 348 g/mol. The summed E-state index contributed by atoms with van der Waals surface area (Å²) in [6, 6.07) is 11.5. The van der Waals surface area contributed by atoms with Crippen LogP contribution in [0.5, 0.6) is 11.5 Å². The Hall–Kier alpha value is -2.53. The van der Waals surface area contributed by atoms with E-state index in [9.17, 15) is 9.59 Å². The third-order valence-electron chi connectivity index (χ3n) is 3.20. The minimum Gasteiger partial charge on any atom is -0.465 e. The van der Waals surface area contributed by atoms with Gasteiger partial charge in [-0.05, 0) is 48.9 Å². The molecule has 0 aliphatic heterocycles. The Morgan fingerprint density at radius 1 is 1.12 bits per heavy atom. The Bertz CT molecular complexity index is 728. The molecule has 0 saturated heterocycles. The van der Waals surface area contributed by atoms with Crippen molar-refractivity contribution in [3.63, 3.8) is 0 Å². The molecule has 126 valence electrons. The standard InChI is InChI=1S/C18H18ClNO4/c1-3-4-17(21)20-13-7-10-16(15(19)11-13)24-14-8-5-12(6-9-14)18(22)23-2/h5-11H,3-4H2,1-2H3,(H,20,21). The highest BCUT2D eigenvalue weighted by Crippen LogP contribution is 2.31. The maximum Gasteiger partial charge on any atom is 0.337 e. The van der Waals surface area contributed by atoms with Gasteiger partial charge in [0.15, 0.2) is 0 Å². The van der Waals surface area contributed by atoms with Gasteiger partial charge in [-0.25, -0.2) is 4.79 Å². The van der Waals surface area contributed by atoms with Crippen LogP contribution in [0.4, 0.5) is 5.69 Å². The molecule has 0 atom stereocenters. The predicted molar refractivity (Wildman–Crippen MR) is 92.8 cm³/mol. The molecule has 0 spiro atoms. The van der Waals surface area contributed by atoms with Gasteiger partial charge in [0, 0.05) is 12.1 Å².